The molecule has 0 aliphatic rings. The van der Waals surface area contributed by atoms with Crippen molar-refractivity contribution < 1.29 is 19.4 Å². The Morgan fingerprint density at radius 2 is 1.83 bits per heavy atom. The highest BCUT2D eigenvalue weighted by Crippen LogP contribution is 2.17. The molecule has 0 aromatic heterocycles. The number of carboxylic acid groups (broad SMARTS) is 1. The van der Waals surface area contributed by atoms with Crippen LogP contribution < -0.4 is 10.1 Å². The topological polar surface area (TPSA) is 75.6 Å². The molecule has 0 aliphatic heterocycles. The first-order valence-electron chi connectivity index (χ1n) is 7.41. The summed E-state index contributed by atoms with van der Waals surface area (Å²) in [6.07, 6.45) is 0.962. The van der Waals surface area contributed by atoms with Crippen molar-refractivity contribution in [1.29, 1.82) is 0 Å². The lowest BCUT2D eigenvalue weighted by atomic mass is 10.1. The summed E-state index contributed by atoms with van der Waals surface area (Å²) in [6.45, 7) is 4.00. The van der Waals surface area contributed by atoms with Crippen molar-refractivity contribution in [2.75, 3.05) is 5.32 Å². The molecule has 0 spiro atoms. The van der Waals surface area contributed by atoms with Crippen LogP contribution in [0.4, 0.5) is 5.69 Å². The van der Waals surface area contributed by atoms with Gasteiger partial charge in [0.25, 0.3) is 5.91 Å². The Hall–Kier alpha value is -2.82. The Balaban J connectivity index is 2.08. The van der Waals surface area contributed by atoms with E-state index in [0.717, 1.165) is 6.42 Å². The number of carboxylic acids is 1. The smallest absolute Gasteiger partial charge is 0.335 e. The number of amides is 1. The molecule has 0 aliphatic carbocycles. The summed E-state index contributed by atoms with van der Waals surface area (Å²) in [5.74, 6) is -0.631. The zero-order valence-electron chi connectivity index (χ0n) is 13.1. The standard InChI is InChI=1S/C18H19NO4/c1-3-12(2)23-16-6-4-5-14(11-16)17(20)19-15-9-7-13(8-10-15)18(21)22/h4-12H,3H2,1-2H3,(H,19,20)(H,21,22)/t12-/m1/s1. The molecule has 0 heterocycles. The van der Waals surface area contributed by atoms with Crippen molar-refractivity contribution in [2.24, 2.45) is 0 Å². The van der Waals surface area contributed by atoms with Crippen molar-refractivity contribution in [3.63, 3.8) is 0 Å². The Bertz CT molecular complexity index is 694. The molecule has 0 saturated carbocycles. The first-order valence-corrected chi connectivity index (χ1v) is 7.41. The van der Waals surface area contributed by atoms with Gasteiger partial charge in [0.2, 0.25) is 0 Å². The molecule has 2 aromatic rings. The first kappa shape index (κ1) is 16.5. The van der Waals surface area contributed by atoms with Crippen molar-refractivity contribution in [3.05, 3.63) is 59.7 Å². The highest BCUT2D eigenvalue weighted by atomic mass is 16.5. The van der Waals surface area contributed by atoms with Gasteiger partial charge >= 0.3 is 5.97 Å². The number of benzene rings is 2. The predicted molar refractivity (Wildman–Crippen MR) is 88.2 cm³/mol. The number of hydrogen-bond acceptors (Lipinski definition) is 3. The van der Waals surface area contributed by atoms with Gasteiger partial charge in [-0.2, -0.15) is 0 Å². The largest absolute Gasteiger partial charge is 0.491 e. The van der Waals surface area contributed by atoms with Crippen LogP contribution in [0.5, 0.6) is 5.75 Å². The number of nitrogens with one attached hydrogen (secondary N) is 1. The van der Waals surface area contributed by atoms with Crippen LogP contribution in [0.15, 0.2) is 48.5 Å². The molecule has 5 nitrogen and oxygen atoms in total. The van der Waals surface area contributed by atoms with E-state index >= 15 is 0 Å². The maximum Gasteiger partial charge on any atom is 0.335 e. The summed E-state index contributed by atoms with van der Waals surface area (Å²) in [5, 5.41) is 11.6. The van der Waals surface area contributed by atoms with E-state index in [9.17, 15) is 9.59 Å². The summed E-state index contributed by atoms with van der Waals surface area (Å²) in [7, 11) is 0. The Morgan fingerprint density at radius 3 is 2.43 bits per heavy atom. The van der Waals surface area contributed by atoms with E-state index in [2.05, 4.69) is 5.32 Å². The molecule has 0 saturated heterocycles. The van der Waals surface area contributed by atoms with Gasteiger partial charge in [-0.05, 0) is 55.8 Å². The van der Waals surface area contributed by atoms with Crippen molar-refractivity contribution >= 4 is 17.6 Å². The summed E-state index contributed by atoms with van der Waals surface area (Å²) < 4.78 is 5.70. The molecule has 0 fully saturated rings. The maximum atomic E-state index is 12.3. The van der Waals surface area contributed by atoms with Crippen LogP contribution in [0.2, 0.25) is 0 Å². The van der Waals surface area contributed by atoms with Crippen LogP contribution in [0.3, 0.4) is 0 Å². The van der Waals surface area contributed by atoms with Crippen LogP contribution in [0.25, 0.3) is 0 Å². The minimum atomic E-state index is -1.00. The number of carbonyl (C=O) groups excluding carboxylic acids is 1. The molecule has 2 rings (SSSR count). The molecule has 23 heavy (non-hydrogen) atoms. The second-order valence-electron chi connectivity index (χ2n) is 5.20. The van der Waals surface area contributed by atoms with Crippen LogP contribution in [0, 0.1) is 0 Å². The van der Waals surface area contributed by atoms with Gasteiger partial charge in [0.1, 0.15) is 5.75 Å². The third-order valence-corrected chi connectivity index (χ3v) is 3.40. The van der Waals surface area contributed by atoms with E-state index in [1.165, 1.54) is 12.1 Å². The van der Waals surface area contributed by atoms with Gasteiger partial charge in [-0.15, -0.1) is 0 Å². The highest BCUT2D eigenvalue weighted by Gasteiger charge is 2.09. The normalized spacial score (nSPS) is 11.6. The predicted octanol–water partition coefficient (Wildman–Crippen LogP) is 3.81. The second-order valence-corrected chi connectivity index (χ2v) is 5.20. The van der Waals surface area contributed by atoms with Gasteiger partial charge in [0, 0.05) is 11.3 Å². The molecule has 2 aromatic carbocycles. The third-order valence-electron chi connectivity index (χ3n) is 3.40. The monoisotopic (exact) mass is 313 g/mol. The van der Waals surface area contributed by atoms with Crippen LogP contribution in [0.1, 0.15) is 41.0 Å². The molecule has 0 bridgehead atoms. The molecule has 120 valence electrons. The van der Waals surface area contributed by atoms with E-state index in [-0.39, 0.29) is 17.6 Å². The lowest BCUT2D eigenvalue weighted by molar-refractivity contribution is 0.0696. The molecule has 0 radical (unpaired) electrons. The van der Waals surface area contributed by atoms with Crippen LogP contribution in [-0.2, 0) is 0 Å². The minimum absolute atomic E-state index is 0.0804. The number of rotatable bonds is 6. The molecule has 1 amide bonds. The van der Waals surface area contributed by atoms with Gasteiger partial charge in [-0.25, -0.2) is 4.79 Å². The molecular weight excluding hydrogens is 294 g/mol. The molecule has 2 N–H and O–H groups in total. The average molecular weight is 313 g/mol. The minimum Gasteiger partial charge on any atom is -0.491 e. The highest BCUT2D eigenvalue weighted by molar-refractivity contribution is 6.04. The van der Waals surface area contributed by atoms with Gasteiger partial charge < -0.3 is 15.2 Å². The molecule has 1 atom stereocenters. The van der Waals surface area contributed by atoms with E-state index < -0.39 is 5.97 Å². The number of hydrogen-bond donors (Lipinski definition) is 2. The Kier molecular flexibility index (Phi) is 5.36. The molecular formula is C18H19NO4. The fraction of sp³-hybridized carbons (Fsp3) is 0.222. The van der Waals surface area contributed by atoms with Crippen LogP contribution in [-0.4, -0.2) is 23.1 Å². The third kappa shape index (κ3) is 4.57. The number of anilines is 1. The summed E-state index contributed by atoms with van der Waals surface area (Å²) >= 11 is 0. The first-order chi connectivity index (χ1) is 11.0. The van der Waals surface area contributed by atoms with Crippen molar-refractivity contribution in [2.45, 2.75) is 26.4 Å². The van der Waals surface area contributed by atoms with Crippen molar-refractivity contribution in [3.8, 4) is 5.75 Å². The van der Waals surface area contributed by atoms with Gasteiger partial charge in [-0.1, -0.05) is 13.0 Å². The summed E-state index contributed by atoms with van der Waals surface area (Å²) in [5.41, 5.74) is 1.19. The number of aromatic carboxylic acids is 1. The SMILES string of the molecule is CC[C@@H](C)Oc1cccc(C(=O)Nc2ccc(C(=O)O)cc2)c1. The lowest BCUT2D eigenvalue weighted by Gasteiger charge is -2.13. The van der Waals surface area contributed by atoms with Gasteiger partial charge in [0.05, 0.1) is 11.7 Å². The van der Waals surface area contributed by atoms with Crippen molar-refractivity contribution in [1.82, 2.24) is 0 Å². The van der Waals surface area contributed by atoms with E-state index in [4.69, 9.17) is 9.84 Å². The number of ether oxygens (including phenoxy) is 1. The molecule has 0 unspecified atom stereocenters. The van der Waals surface area contributed by atoms with Crippen LogP contribution >= 0.6 is 0 Å². The average Bonchev–Trinajstić information content (AvgIpc) is 2.55. The zero-order chi connectivity index (χ0) is 16.8. The van der Waals surface area contributed by atoms with E-state index in [1.807, 2.05) is 19.9 Å². The fourth-order valence-corrected chi connectivity index (χ4v) is 1.93. The number of carbonyl (C=O) groups is 2. The second kappa shape index (κ2) is 7.45. The quantitative estimate of drug-likeness (QED) is 0.850. The van der Waals surface area contributed by atoms with Gasteiger partial charge in [0.15, 0.2) is 0 Å². The summed E-state index contributed by atoms with van der Waals surface area (Å²) in [6, 6.07) is 13.0. The Morgan fingerprint density at radius 1 is 1.13 bits per heavy atom. The zero-order valence-corrected chi connectivity index (χ0v) is 13.1. The van der Waals surface area contributed by atoms with E-state index in [0.29, 0.717) is 17.0 Å². The summed E-state index contributed by atoms with van der Waals surface area (Å²) in [4.78, 5) is 23.1. The molecule has 5 heteroatoms. The Labute approximate surface area is 134 Å². The lowest BCUT2D eigenvalue weighted by Crippen LogP contribution is -2.13. The van der Waals surface area contributed by atoms with E-state index in [1.54, 1.807) is 30.3 Å². The van der Waals surface area contributed by atoms with Gasteiger partial charge in [-0.3, -0.25) is 4.79 Å². The maximum absolute atomic E-state index is 12.3. The fourth-order valence-electron chi connectivity index (χ4n) is 1.93.